The fraction of sp³-hybridized carbons (Fsp3) is 0.353. The molecule has 1 aromatic heterocycles. The lowest BCUT2D eigenvalue weighted by Crippen LogP contribution is -2.31. The second-order valence-corrected chi connectivity index (χ2v) is 7.25. The Morgan fingerprint density at radius 1 is 1.44 bits per heavy atom. The van der Waals surface area contributed by atoms with Gasteiger partial charge < -0.3 is 10.4 Å². The zero-order valence-electron chi connectivity index (χ0n) is 13.7. The molecule has 0 spiro atoms. The lowest BCUT2D eigenvalue weighted by atomic mass is 10.2. The van der Waals surface area contributed by atoms with E-state index >= 15 is 0 Å². The topological polar surface area (TPSA) is 84.2 Å². The van der Waals surface area contributed by atoms with E-state index in [9.17, 15) is 19.1 Å². The van der Waals surface area contributed by atoms with Crippen molar-refractivity contribution < 1.29 is 14.3 Å². The number of rotatable bonds is 3. The number of nitrogens with zero attached hydrogens (tertiary/aromatic N) is 2. The fourth-order valence-electron chi connectivity index (χ4n) is 2.67. The molecule has 8 heteroatoms. The van der Waals surface area contributed by atoms with Gasteiger partial charge in [-0.25, -0.2) is 9.37 Å². The Morgan fingerprint density at radius 3 is 2.88 bits per heavy atom. The highest BCUT2D eigenvalue weighted by Gasteiger charge is 2.25. The summed E-state index contributed by atoms with van der Waals surface area (Å²) < 4.78 is 14.3. The summed E-state index contributed by atoms with van der Waals surface area (Å²) in [5, 5.41) is 12.7. The molecule has 1 aliphatic heterocycles. The van der Waals surface area contributed by atoms with Crippen molar-refractivity contribution in [1.82, 2.24) is 14.9 Å². The molecule has 1 atom stereocenters. The molecule has 0 saturated heterocycles. The Hall–Kier alpha value is -2.35. The Labute approximate surface area is 148 Å². The predicted octanol–water partition coefficient (Wildman–Crippen LogP) is 2.22. The number of carbonyl (C=O) groups is 1. The van der Waals surface area contributed by atoms with Crippen LogP contribution in [0.15, 0.2) is 29.1 Å². The number of nitrogens with one attached hydrogen (secondary N) is 1. The summed E-state index contributed by atoms with van der Waals surface area (Å²) in [7, 11) is 0. The van der Waals surface area contributed by atoms with E-state index in [0.717, 1.165) is 12.2 Å². The molecule has 0 aliphatic carbocycles. The molecule has 0 fully saturated rings. The van der Waals surface area contributed by atoms with E-state index in [0.29, 0.717) is 17.9 Å². The number of hydrogen-bond donors (Lipinski definition) is 2. The number of hydrogen-bond acceptors (Lipinski definition) is 5. The van der Waals surface area contributed by atoms with Gasteiger partial charge in [0.1, 0.15) is 11.6 Å². The summed E-state index contributed by atoms with van der Waals surface area (Å²) in [6, 6.07) is 5.69. The van der Waals surface area contributed by atoms with Crippen LogP contribution in [-0.2, 0) is 13.1 Å². The molecular formula is C17H18FN3O3S. The molecule has 2 aromatic rings. The van der Waals surface area contributed by atoms with Gasteiger partial charge in [-0.1, -0.05) is 12.1 Å². The summed E-state index contributed by atoms with van der Waals surface area (Å²) in [6.07, 6.45) is 0.805. The normalized spacial score (nSPS) is 16.8. The first kappa shape index (κ1) is 17.5. The van der Waals surface area contributed by atoms with Gasteiger partial charge >= 0.3 is 0 Å². The average molecular weight is 363 g/mol. The number of thioether (sulfide) groups is 1. The SMILES string of the molecule is CC1SCCCn2c1nc(C(=O)NCc1ccc(F)cc1)c(O)c2=O. The maximum atomic E-state index is 12.9. The second-order valence-electron chi connectivity index (χ2n) is 5.80. The summed E-state index contributed by atoms with van der Waals surface area (Å²) >= 11 is 1.66. The van der Waals surface area contributed by atoms with E-state index in [1.54, 1.807) is 23.9 Å². The molecular weight excluding hydrogens is 345 g/mol. The van der Waals surface area contributed by atoms with Crippen LogP contribution in [-0.4, -0.2) is 26.3 Å². The molecule has 0 radical (unpaired) electrons. The third-order valence-corrected chi connectivity index (χ3v) is 5.25. The summed E-state index contributed by atoms with van der Waals surface area (Å²) in [5.74, 6) is -0.253. The van der Waals surface area contributed by atoms with Crippen molar-refractivity contribution in [2.45, 2.75) is 31.7 Å². The minimum Gasteiger partial charge on any atom is -0.501 e. The van der Waals surface area contributed by atoms with Crippen LogP contribution in [0.2, 0.25) is 0 Å². The number of carbonyl (C=O) groups excluding carboxylic acids is 1. The fourth-order valence-corrected chi connectivity index (χ4v) is 3.65. The quantitative estimate of drug-likeness (QED) is 0.874. The molecule has 2 heterocycles. The smallest absolute Gasteiger partial charge is 0.296 e. The largest absolute Gasteiger partial charge is 0.501 e. The molecule has 3 rings (SSSR count). The Morgan fingerprint density at radius 2 is 2.16 bits per heavy atom. The van der Waals surface area contributed by atoms with Crippen molar-refractivity contribution in [3.63, 3.8) is 0 Å². The van der Waals surface area contributed by atoms with E-state index in [4.69, 9.17) is 0 Å². The van der Waals surface area contributed by atoms with Gasteiger partial charge in [0, 0.05) is 13.1 Å². The Balaban J connectivity index is 1.86. The lowest BCUT2D eigenvalue weighted by molar-refractivity contribution is 0.0941. The molecule has 1 unspecified atom stereocenters. The highest BCUT2D eigenvalue weighted by Crippen LogP contribution is 2.30. The van der Waals surface area contributed by atoms with Gasteiger partial charge in [0.2, 0.25) is 5.75 Å². The highest BCUT2D eigenvalue weighted by molar-refractivity contribution is 7.99. The predicted molar refractivity (Wildman–Crippen MR) is 93.2 cm³/mol. The van der Waals surface area contributed by atoms with Crippen molar-refractivity contribution in [3.05, 3.63) is 57.5 Å². The number of amides is 1. The third-order valence-electron chi connectivity index (χ3n) is 4.01. The van der Waals surface area contributed by atoms with E-state index in [2.05, 4.69) is 10.3 Å². The van der Waals surface area contributed by atoms with Gasteiger partial charge in [-0.05, 0) is 36.8 Å². The highest BCUT2D eigenvalue weighted by atomic mass is 32.2. The molecule has 1 amide bonds. The van der Waals surface area contributed by atoms with Crippen LogP contribution in [0.25, 0.3) is 0 Å². The maximum Gasteiger partial charge on any atom is 0.296 e. The van der Waals surface area contributed by atoms with Gasteiger partial charge in [0.15, 0.2) is 5.69 Å². The molecule has 1 aromatic carbocycles. The van der Waals surface area contributed by atoms with Crippen molar-refractivity contribution in [2.75, 3.05) is 5.75 Å². The number of fused-ring (bicyclic) bond motifs is 1. The molecule has 1 aliphatic rings. The van der Waals surface area contributed by atoms with Crippen LogP contribution in [0.5, 0.6) is 5.75 Å². The first-order valence-corrected chi connectivity index (χ1v) is 9.00. The van der Waals surface area contributed by atoms with Gasteiger partial charge in [-0.15, -0.1) is 0 Å². The molecule has 6 nitrogen and oxygen atoms in total. The number of aromatic nitrogens is 2. The van der Waals surface area contributed by atoms with Crippen molar-refractivity contribution in [1.29, 1.82) is 0 Å². The monoisotopic (exact) mass is 363 g/mol. The van der Waals surface area contributed by atoms with Crippen LogP contribution in [0.4, 0.5) is 4.39 Å². The zero-order chi connectivity index (χ0) is 18.0. The summed E-state index contributed by atoms with van der Waals surface area (Å²) in [5.41, 5.74) is -0.163. The first-order chi connectivity index (χ1) is 12.0. The van der Waals surface area contributed by atoms with Crippen molar-refractivity contribution in [3.8, 4) is 5.75 Å². The van der Waals surface area contributed by atoms with E-state index in [1.807, 2.05) is 6.92 Å². The van der Waals surface area contributed by atoms with Gasteiger partial charge in [0.25, 0.3) is 11.5 Å². The molecule has 2 N–H and O–H groups in total. The second kappa shape index (κ2) is 7.26. The molecule has 0 saturated carbocycles. The zero-order valence-corrected chi connectivity index (χ0v) is 14.5. The summed E-state index contributed by atoms with van der Waals surface area (Å²) in [6.45, 7) is 2.54. The van der Waals surface area contributed by atoms with Crippen LogP contribution in [0.1, 0.15) is 40.5 Å². The van der Waals surface area contributed by atoms with Gasteiger partial charge in [-0.3, -0.25) is 14.2 Å². The summed E-state index contributed by atoms with van der Waals surface area (Å²) in [4.78, 5) is 29.0. The molecule has 25 heavy (non-hydrogen) atoms. The first-order valence-electron chi connectivity index (χ1n) is 7.95. The van der Waals surface area contributed by atoms with Crippen LogP contribution in [0.3, 0.4) is 0 Å². The van der Waals surface area contributed by atoms with E-state index in [1.165, 1.54) is 16.7 Å². The van der Waals surface area contributed by atoms with E-state index in [-0.39, 0.29) is 23.3 Å². The third kappa shape index (κ3) is 3.68. The standard InChI is InChI=1S/C17H18FN3O3S/c1-10-15-20-13(14(22)17(24)21(15)7-2-8-25-10)16(23)19-9-11-3-5-12(18)6-4-11/h3-6,10,22H,2,7-9H2,1H3,(H,19,23). The van der Waals surface area contributed by atoms with Gasteiger partial charge in [0.05, 0.1) is 5.25 Å². The number of benzene rings is 1. The molecule has 132 valence electrons. The number of halogens is 1. The Bertz CT molecular complexity index is 851. The maximum absolute atomic E-state index is 12.9. The number of aromatic hydroxyl groups is 1. The van der Waals surface area contributed by atoms with Crippen LogP contribution < -0.4 is 10.9 Å². The minimum absolute atomic E-state index is 0.0422. The molecule has 0 bridgehead atoms. The van der Waals surface area contributed by atoms with Crippen LogP contribution in [0, 0.1) is 5.82 Å². The van der Waals surface area contributed by atoms with Crippen molar-refractivity contribution >= 4 is 17.7 Å². The van der Waals surface area contributed by atoms with E-state index < -0.39 is 17.2 Å². The van der Waals surface area contributed by atoms with Gasteiger partial charge in [-0.2, -0.15) is 11.8 Å². The van der Waals surface area contributed by atoms with Crippen LogP contribution >= 0.6 is 11.8 Å². The average Bonchev–Trinajstić information content (AvgIpc) is 2.79. The van der Waals surface area contributed by atoms with Crippen molar-refractivity contribution in [2.24, 2.45) is 0 Å². The lowest BCUT2D eigenvalue weighted by Gasteiger charge is -2.15. The minimum atomic E-state index is -0.639. The Kier molecular flexibility index (Phi) is 5.08.